The highest BCUT2D eigenvalue weighted by molar-refractivity contribution is 4.72. The first-order valence-electron chi connectivity index (χ1n) is 6.36. The summed E-state index contributed by atoms with van der Waals surface area (Å²) in [6.45, 7) is 11.1. The molecule has 0 aromatic rings. The molecule has 0 bridgehead atoms. The van der Waals surface area contributed by atoms with Crippen molar-refractivity contribution in [2.75, 3.05) is 39.4 Å². The van der Waals surface area contributed by atoms with Gasteiger partial charge in [-0.1, -0.05) is 6.92 Å². The van der Waals surface area contributed by atoms with Crippen molar-refractivity contribution in [2.24, 2.45) is 0 Å². The average molecular weight is 214 g/mol. The Morgan fingerprint density at radius 1 is 1.40 bits per heavy atom. The Bertz CT molecular complexity index is 153. The summed E-state index contributed by atoms with van der Waals surface area (Å²) in [4.78, 5) is 2.56. The fraction of sp³-hybridized carbons (Fsp3) is 1.00. The van der Waals surface area contributed by atoms with Gasteiger partial charge in [0.2, 0.25) is 0 Å². The first-order valence-corrected chi connectivity index (χ1v) is 6.36. The summed E-state index contributed by atoms with van der Waals surface area (Å²) in [6, 6.07) is 0.643. The molecule has 1 rings (SSSR count). The van der Waals surface area contributed by atoms with Gasteiger partial charge in [-0.2, -0.15) is 0 Å². The molecule has 1 aliphatic rings. The zero-order chi connectivity index (χ0) is 10.9. The van der Waals surface area contributed by atoms with Crippen molar-refractivity contribution < 1.29 is 4.74 Å². The van der Waals surface area contributed by atoms with E-state index in [0.717, 1.165) is 19.6 Å². The van der Waals surface area contributed by atoms with E-state index >= 15 is 0 Å². The molecule has 3 nitrogen and oxygen atoms in total. The highest BCUT2D eigenvalue weighted by Gasteiger charge is 2.12. The Morgan fingerprint density at radius 3 is 3.07 bits per heavy atom. The second-order valence-electron chi connectivity index (χ2n) is 4.48. The number of hydrogen-bond acceptors (Lipinski definition) is 3. The first-order chi connectivity index (χ1) is 7.33. The van der Waals surface area contributed by atoms with Crippen LogP contribution in [0.5, 0.6) is 0 Å². The molecule has 1 fully saturated rings. The third-order valence-corrected chi connectivity index (χ3v) is 2.79. The number of hydrogen-bond donors (Lipinski definition) is 1. The van der Waals surface area contributed by atoms with Crippen LogP contribution in [0.1, 0.15) is 33.1 Å². The van der Waals surface area contributed by atoms with Crippen molar-refractivity contribution in [1.29, 1.82) is 0 Å². The van der Waals surface area contributed by atoms with E-state index in [1.807, 2.05) is 0 Å². The molecule has 90 valence electrons. The van der Waals surface area contributed by atoms with Crippen LogP contribution >= 0.6 is 0 Å². The second-order valence-corrected chi connectivity index (χ2v) is 4.48. The number of nitrogens with zero attached hydrogens (tertiary/aromatic N) is 1. The summed E-state index contributed by atoms with van der Waals surface area (Å²) in [5, 5.41) is 3.51. The molecule has 15 heavy (non-hydrogen) atoms. The van der Waals surface area contributed by atoms with Crippen LogP contribution < -0.4 is 5.32 Å². The molecule has 0 radical (unpaired) electrons. The zero-order valence-corrected chi connectivity index (χ0v) is 10.3. The smallest absolute Gasteiger partial charge is 0.0478 e. The Kier molecular flexibility index (Phi) is 6.98. The van der Waals surface area contributed by atoms with Gasteiger partial charge in [0.25, 0.3) is 0 Å². The Hall–Kier alpha value is -0.120. The molecule has 0 saturated carbocycles. The van der Waals surface area contributed by atoms with Crippen LogP contribution in [0.15, 0.2) is 0 Å². The van der Waals surface area contributed by atoms with E-state index in [9.17, 15) is 0 Å². The maximum Gasteiger partial charge on any atom is 0.0478 e. The van der Waals surface area contributed by atoms with E-state index in [-0.39, 0.29) is 0 Å². The van der Waals surface area contributed by atoms with Crippen LogP contribution in [0.2, 0.25) is 0 Å². The monoisotopic (exact) mass is 214 g/mol. The maximum absolute atomic E-state index is 5.49. The molecule has 0 spiro atoms. The second kappa shape index (κ2) is 8.08. The lowest BCUT2D eigenvalue weighted by molar-refractivity contribution is 0.121. The molecule has 1 unspecified atom stereocenters. The number of rotatable bonds is 6. The van der Waals surface area contributed by atoms with Crippen molar-refractivity contribution in [1.82, 2.24) is 10.2 Å². The molecule has 0 aromatic heterocycles. The van der Waals surface area contributed by atoms with E-state index in [1.54, 1.807) is 0 Å². The lowest BCUT2D eigenvalue weighted by atomic mass is 10.3. The normalized spacial score (nSPS) is 24.0. The van der Waals surface area contributed by atoms with Gasteiger partial charge in [0, 0.05) is 32.3 Å². The van der Waals surface area contributed by atoms with Crippen LogP contribution in [0.3, 0.4) is 0 Å². The summed E-state index contributed by atoms with van der Waals surface area (Å²) < 4.78 is 5.49. The van der Waals surface area contributed by atoms with Crippen LogP contribution in [-0.2, 0) is 4.74 Å². The summed E-state index contributed by atoms with van der Waals surface area (Å²) in [5.74, 6) is 0. The highest BCUT2D eigenvalue weighted by Crippen LogP contribution is 2.01. The van der Waals surface area contributed by atoms with Gasteiger partial charge in [-0.25, -0.2) is 0 Å². The molecule has 1 aliphatic heterocycles. The van der Waals surface area contributed by atoms with E-state index in [2.05, 4.69) is 24.1 Å². The van der Waals surface area contributed by atoms with E-state index in [4.69, 9.17) is 4.74 Å². The van der Waals surface area contributed by atoms with Crippen LogP contribution in [0, 0.1) is 0 Å². The van der Waals surface area contributed by atoms with Crippen molar-refractivity contribution >= 4 is 0 Å². The minimum Gasteiger partial charge on any atom is -0.381 e. The van der Waals surface area contributed by atoms with Crippen LogP contribution in [-0.4, -0.2) is 50.3 Å². The van der Waals surface area contributed by atoms with Gasteiger partial charge < -0.3 is 15.0 Å². The van der Waals surface area contributed by atoms with Crippen molar-refractivity contribution in [3.63, 3.8) is 0 Å². The first kappa shape index (κ1) is 12.9. The summed E-state index contributed by atoms with van der Waals surface area (Å²) >= 11 is 0. The standard InChI is InChI=1S/C12H26N2O/c1-3-9-15-10-5-8-14-7-4-6-13-12(2)11-14/h12-13H,3-11H2,1-2H3. The Labute approximate surface area is 94.2 Å². The van der Waals surface area contributed by atoms with E-state index in [0.29, 0.717) is 6.04 Å². The van der Waals surface area contributed by atoms with Gasteiger partial charge in [0.05, 0.1) is 0 Å². The third-order valence-electron chi connectivity index (χ3n) is 2.79. The fourth-order valence-corrected chi connectivity index (χ4v) is 2.03. The number of ether oxygens (including phenoxy) is 1. The lowest BCUT2D eigenvalue weighted by Gasteiger charge is -2.21. The molecule has 0 amide bonds. The minimum atomic E-state index is 0.643. The Balaban J connectivity index is 2.03. The molecule has 0 aliphatic carbocycles. The molecule has 1 saturated heterocycles. The van der Waals surface area contributed by atoms with Gasteiger partial charge in [0.1, 0.15) is 0 Å². The Morgan fingerprint density at radius 2 is 2.27 bits per heavy atom. The zero-order valence-electron chi connectivity index (χ0n) is 10.3. The molecule has 1 N–H and O–H groups in total. The summed E-state index contributed by atoms with van der Waals surface area (Å²) in [5.41, 5.74) is 0. The maximum atomic E-state index is 5.49. The quantitative estimate of drug-likeness (QED) is 0.678. The van der Waals surface area contributed by atoms with Gasteiger partial charge in [-0.3, -0.25) is 0 Å². The topological polar surface area (TPSA) is 24.5 Å². The summed E-state index contributed by atoms with van der Waals surface area (Å²) in [6.07, 6.45) is 3.58. The average Bonchev–Trinajstić information content (AvgIpc) is 2.43. The highest BCUT2D eigenvalue weighted by atomic mass is 16.5. The summed E-state index contributed by atoms with van der Waals surface area (Å²) in [7, 11) is 0. The molecule has 0 aromatic carbocycles. The predicted octanol–water partition coefficient (Wildman–Crippen LogP) is 1.49. The largest absolute Gasteiger partial charge is 0.381 e. The molecule has 1 atom stereocenters. The minimum absolute atomic E-state index is 0.643. The van der Waals surface area contributed by atoms with Crippen LogP contribution in [0.4, 0.5) is 0 Å². The van der Waals surface area contributed by atoms with Gasteiger partial charge in [-0.05, 0) is 39.3 Å². The van der Waals surface area contributed by atoms with E-state index in [1.165, 1.54) is 39.0 Å². The third kappa shape index (κ3) is 6.13. The van der Waals surface area contributed by atoms with Gasteiger partial charge in [0.15, 0.2) is 0 Å². The number of nitrogens with one attached hydrogen (secondary N) is 1. The van der Waals surface area contributed by atoms with E-state index < -0.39 is 0 Å². The predicted molar refractivity (Wildman–Crippen MR) is 64.2 cm³/mol. The molecular formula is C12H26N2O. The van der Waals surface area contributed by atoms with Crippen LogP contribution in [0.25, 0.3) is 0 Å². The fourth-order valence-electron chi connectivity index (χ4n) is 2.03. The van der Waals surface area contributed by atoms with Crippen molar-refractivity contribution in [3.8, 4) is 0 Å². The van der Waals surface area contributed by atoms with Crippen molar-refractivity contribution in [2.45, 2.75) is 39.2 Å². The van der Waals surface area contributed by atoms with Gasteiger partial charge in [-0.15, -0.1) is 0 Å². The lowest BCUT2D eigenvalue weighted by Crippen LogP contribution is -2.36. The SMILES string of the molecule is CCCOCCCN1CCCNC(C)C1. The molecule has 1 heterocycles. The van der Waals surface area contributed by atoms with Crippen molar-refractivity contribution in [3.05, 3.63) is 0 Å². The van der Waals surface area contributed by atoms with Gasteiger partial charge >= 0.3 is 0 Å². The molecule has 3 heteroatoms. The molecular weight excluding hydrogens is 188 g/mol.